The number of hydrogen-bond donors (Lipinski definition) is 3. The Bertz CT molecular complexity index is 1590. The highest BCUT2D eigenvalue weighted by Gasteiger charge is 2.27. The van der Waals surface area contributed by atoms with Crippen molar-refractivity contribution in [3.05, 3.63) is 67.8 Å². The molecule has 3 rings (SSSR count). The van der Waals surface area contributed by atoms with E-state index in [2.05, 4.69) is 15.5 Å². The number of amides is 2. The molecule has 2 aromatic rings. The van der Waals surface area contributed by atoms with Crippen LogP contribution < -0.4 is 25.8 Å². The third-order valence-corrected chi connectivity index (χ3v) is 7.77. The van der Waals surface area contributed by atoms with Gasteiger partial charge >= 0.3 is 6.09 Å². The van der Waals surface area contributed by atoms with Gasteiger partial charge in [0.2, 0.25) is 9.70 Å². The van der Waals surface area contributed by atoms with Crippen LogP contribution in [0.15, 0.2) is 36.4 Å². The van der Waals surface area contributed by atoms with Crippen molar-refractivity contribution >= 4 is 61.1 Å². The first-order chi connectivity index (χ1) is 23.1. The molecule has 17 nitrogen and oxygen atoms in total. The number of benzene rings is 2. The standard InChI is InChI=1S/C31H40IN7O10/c1-31(2,3)49-30(42)37-13-11-36(12-14-37)10-7-15-48-25-19-21(29(33)41)17-23(39(45)46)27(25)35-9-6-5-8-34-26-22(38(43)44)16-20(28(32)40)18-24(26)47-4/h5-6,16-19,34-35H,7-15H2,1-4H3,(H2,33,41)/b6-5+. The van der Waals surface area contributed by atoms with Crippen LogP contribution in [-0.2, 0) is 4.74 Å². The van der Waals surface area contributed by atoms with Gasteiger partial charge in [0.15, 0.2) is 11.4 Å². The van der Waals surface area contributed by atoms with Crippen molar-refractivity contribution in [3.8, 4) is 11.5 Å². The molecule has 0 aliphatic carbocycles. The number of nitro benzene ring substituents is 2. The van der Waals surface area contributed by atoms with Crippen LogP contribution in [0.5, 0.6) is 11.5 Å². The van der Waals surface area contributed by atoms with Crippen molar-refractivity contribution in [2.75, 3.05) is 70.2 Å². The first kappa shape index (κ1) is 38.7. The molecule has 1 aliphatic heterocycles. The fourth-order valence-electron chi connectivity index (χ4n) is 4.81. The van der Waals surface area contributed by atoms with Crippen molar-refractivity contribution in [2.24, 2.45) is 5.73 Å². The Morgan fingerprint density at radius 1 is 0.918 bits per heavy atom. The summed E-state index contributed by atoms with van der Waals surface area (Å²) in [7, 11) is 1.33. The van der Waals surface area contributed by atoms with Crippen LogP contribution in [0.1, 0.15) is 47.9 Å². The van der Waals surface area contributed by atoms with E-state index in [-0.39, 0.29) is 69.3 Å². The lowest BCUT2D eigenvalue weighted by atomic mass is 10.1. The lowest BCUT2D eigenvalue weighted by Crippen LogP contribution is -2.50. The summed E-state index contributed by atoms with van der Waals surface area (Å²) in [5, 5.41) is 29.4. The first-order valence-electron chi connectivity index (χ1n) is 15.3. The number of methoxy groups -OCH3 is 1. The minimum absolute atomic E-state index is 0.0509. The number of anilines is 2. The van der Waals surface area contributed by atoms with Crippen LogP contribution in [0, 0.1) is 20.2 Å². The molecule has 49 heavy (non-hydrogen) atoms. The second-order valence-corrected chi connectivity index (χ2v) is 12.8. The van der Waals surface area contributed by atoms with Gasteiger partial charge in [-0.2, -0.15) is 0 Å². The highest BCUT2D eigenvalue weighted by atomic mass is 127. The molecule has 0 spiro atoms. The Balaban J connectivity index is 1.62. The highest BCUT2D eigenvalue weighted by molar-refractivity contribution is 14.1. The maximum Gasteiger partial charge on any atom is 0.410 e. The number of carbonyl (C=O) groups excluding carboxylic acids is 3. The van der Waals surface area contributed by atoms with Gasteiger partial charge in [-0.15, -0.1) is 0 Å². The summed E-state index contributed by atoms with van der Waals surface area (Å²) in [4.78, 5) is 62.2. The van der Waals surface area contributed by atoms with E-state index in [1.807, 2.05) is 20.8 Å². The number of piperazine rings is 1. The maximum atomic E-state index is 12.3. The Hall–Kier alpha value is -4.72. The van der Waals surface area contributed by atoms with Crippen molar-refractivity contribution in [3.63, 3.8) is 0 Å². The van der Waals surface area contributed by atoms with Crippen molar-refractivity contribution in [1.29, 1.82) is 0 Å². The van der Waals surface area contributed by atoms with E-state index in [0.29, 0.717) is 39.1 Å². The van der Waals surface area contributed by atoms with E-state index in [0.717, 1.165) is 12.1 Å². The average molecular weight is 798 g/mol. The zero-order chi connectivity index (χ0) is 36.3. The van der Waals surface area contributed by atoms with Crippen LogP contribution in [-0.4, -0.2) is 101 Å². The Morgan fingerprint density at radius 3 is 1.94 bits per heavy atom. The first-order valence-corrected chi connectivity index (χ1v) is 16.3. The van der Waals surface area contributed by atoms with E-state index in [1.54, 1.807) is 17.1 Å². The molecule has 0 unspecified atom stereocenters. The molecular formula is C31H40IN7O10. The number of nitro groups is 2. The van der Waals surface area contributed by atoms with Gasteiger partial charge in [0.25, 0.3) is 11.4 Å². The lowest BCUT2D eigenvalue weighted by Gasteiger charge is -2.35. The topological polar surface area (TPSA) is 222 Å². The molecule has 0 aromatic heterocycles. The number of hydrogen-bond acceptors (Lipinski definition) is 13. The zero-order valence-electron chi connectivity index (χ0n) is 27.7. The Morgan fingerprint density at radius 2 is 1.45 bits per heavy atom. The van der Waals surface area contributed by atoms with Crippen LogP contribution in [0.25, 0.3) is 0 Å². The van der Waals surface area contributed by atoms with E-state index in [4.69, 9.17) is 19.9 Å². The van der Waals surface area contributed by atoms with Crippen molar-refractivity contribution in [1.82, 2.24) is 9.80 Å². The van der Waals surface area contributed by atoms with Gasteiger partial charge in [0, 0.05) is 91.7 Å². The fraction of sp³-hybridized carbons (Fsp3) is 0.452. The quantitative estimate of drug-likeness (QED) is 0.0529. The van der Waals surface area contributed by atoms with E-state index < -0.39 is 27.0 Å². The molecule has 0 bridgehead atoms. The third kappa shape index (κ3) is 11.4. The van der Waals surface area contributed by atoms with E-state index in [1.165, 1.54) is 41.8 Å². The molecule has 0 saturated carbocycles. The smallest absolute Gasteiger partial charge is 0.410 e. The average Bonchev–Trinajstić information content (AvgIpc) is 3.03. The number of nitrogens with one attached hydrogen (secondary N) is 2. The summed E-state index contributed by atoms with van der Waals surface area (Å²) in [6.45, 7) is 8.86. The van der Waals surface area contributed by atoms with E-state index in [9.17, 15) is 34.6 Å². The molecule has 18 heteroatoms. The molecule has 2 aromatic carbocycles. The van der Waals surface area contributed by atoms with Gasteiger partial charge in [0.1, 0.15) is 17.1 Å². The second-order valence-electron chi connectivity index (χ2n) is 11.8. The summed E-state index contributed by atoms with van der Waals surface area (Å²) in [5.74, 6) is -0.654. The van der Waals surface area contributed by atoms with Crippen LogP contribution in [0.3, 0.4) is 0 Å². The fourth-order valence-corrected chi connectivity index (χ4v) is 5.13. The summed E-state index contributed by atoms with van der Waals surface area (Å²) in [6, 6.07) is 4.98. The van der Waals surface area contributed by atoms with Gasteiger partial charge in [0.05, 0.1) is 23.6 Å². The molecule has 1 aliphatic rings. The van der Waals surface area contributed by atoms with Gasteiger partial charge in [-0.25, -0.2) is 4.79 Å². The number of primary amides is 1. The number of rotatable bonds is 16. The normalized spacial score (nSPS) is 13.5. The van der Waals surface area contributed by atoms with Gasteiger partial charge in [-0.3, -0.25) is 34.7 Å². The molecule has 0 radical (unpaired) electrons. The second kappa shape index (κ2) is 17.6. The SMILES string of the molecule is COc1cc(C(=O)I)cc([N+](=O)[O-])c1NC/C=C/CNc1c(OCCCN2CCN(C(=O)OC(C)(C)C)CC2)cc(C(N)=O)cc1[N+](=O)[O-]. The lowest BCUT2D eigenvalue weighted by molar-refractivity contribution is -0.384. The molecule has 266 valence electrons. The molecule has 0 atom stereocenters. The van der Waals surface area contributed by atoms with E-state index >= 15 is 0 Å². The highest BCUT2D eigenvalue weighted by Crippen LogP contribution is 2.37. The van der Waals surface area contributed by atoms with Gasteiger partial charge < -0.3 is 35.5 Å². The van der Waals surface area contributed by atoms with Crippen molar-refractivity contribution in [2.45, 2.75) is 32.8 Å². The van der Waals surface area contributed by atoms with Crippen molar-refractivity contribution < 1.29 is 38.4 Å². The summed E-state index contributed by atoms with van der Waals surface area (Å²) in [6.07, 6.45) is 3.50. The number of ether oxygens (including phenoxy) is 3. The maximum absolute atomic E-state index is 12.3. The minimum Gasteiger partial charge on any atom is -0.494 e. The third-order valence-electron chi connectivity index (χ3n) is 7.15. The van der Waals surface area contributed by atoms with Gasteiger partial charge in [-0.05, 0) is 39.3 Å². The minimum atomic E-state index is -0.853. The Kier molecular flexibility index (Phi) is 13.9. The molecule has 4 N–H and O–H groups in total. The molecule has 1 heterocycles. The summed E-state index contributed by atoms with van der Waals surface area (Å²) in [5.41, 5.74) is 4.30. The van der Waals surface area contributed by atoms with Crippen LogP contribution in [0.2, 0.25) is 0 Å². The molecule has 1 fully saturated rings. The number of nitrogens with two attached hydrogens (primary N) is 1. The number of halogens is 1. The summed E-state index contributed by atoms with van der Waals surface area (Å²) >= 11 is 1.53. The summed E-state index contributed by atoms with van der Waals surface area (Å²) < 4.78 is 16.2. The largest absolute Gasteiger partial charge is 0.494 e. The Labute approximate surface area is 296 Å². The predicted molar refractivity (Wildman–Crippen MR) is 190 cm³/mol. The number of nitrogens with zero attached hydrogens (tertiary/aromatic N) is 4. The monoisotopic (exact) mass is 797 g/mol. The van der Waals surface area contributed by atoms with Crippen LogP contribution >= 0.6 is 22.6 Å². The molecular weight excluding hydrogens is 757 g/mol. The number of carbonyl (C=O) groups is 3. The molecule has 2 amide bonds. The zero-order valence-corrected chi connectivity index (χ0v) is 29.8. The molecule has 1 saturated heterocycles. The van der Waals surface area contributed by atoms with Crippen LogP contribution in [0.4, 0.5) is 27.5 Å². The van der Waals surface area contributed by atoms with Gasteiger partial charge in [-0.1, -0.05) is 12.2 Å². The predicted octanol–water partition coefficient (Wildman–Crippen LogP) is 4.59.